The van der Waals surface area contributed by atoms with Crippen molar-refractivity contribution >= 4 is 5.97 Å². The van der Waals surface area contributed by atoms with Crippen molar-refractivity contribution in [2.75, 3.05) is 13.7 Å². The summed E-state index contributed by atoms with van der Waals surface area (Å²) in [4.78, 5) is 12.2. The summed E-state index contributed by atoms with van der Waals surface area (Å²) in [5.74, 6) is 0.542. The van der Waals surface area contributed by atoms with Crippen molar-refractivity contribution in [2.45, 2.75) is 45.4 Å². The molecule has 1 aliphatic rings. The third kappa shape index (κ3) is 5.36. The third-order valence-corrected chi connectivity index (χ3v) is 6.90. The minimum atomic E-state index is -0.530. The lowest BCUT2D eigenvalue weighted by Gasteiger charge is -2.16. The fourth-order valence-electron chi connectivity index (χ4n) is 4.67. The second kappa shape index (κ2) is 10.7. The van der Waals surface area contributed by atoms with Crippen LogP contribution in [-0.2, 0) is 27.4 Å². The molecule has 1 N–H and O–H groups in total. The Hall–Kier alpha value is -3.74. The lowest BCUT2D eigenvalue weighted by Crippen LogP contribution is -2.40. The maximum Gasteiger partial charge on any atom is 0.326 e. The van der Waals surface area contributed by atoms with Crippen LogP contribution in [-0.4, -0.2) is 30.4 Å². The monoisotopic (exact) mass is 496 g/mol. The first-order chi connectivity index (χ1) is 18.0. The van der Waals surface area contributed by atoms with E-state index in [9.17, 15) is 4.79 Å². The van der Waals surface area contributed by atoms with Gasteiger partial charge in [-0.3, -0.25) is 10.1 Å². The Morgan fingerprint density at radius 1 is 1.00 bits per heavy atom. The molecular formula is C31H32N2O4. The second-order valence-corrected chi connectivity index (χ2v) is 9.55. The molecule has 0 atom stereocenters. The van der Waals surface area contributed by atoms with E-state index in [2.05, 4.69) is 65.9 Å². The summed E-state index contributed by atoms with van der Waals surface area (Å²) in [5.41, 5.74) is 7.88. The molecule has 4 aromatic rings. The van der Waals surface area contributed by atoms with Gasteiger partial charge in [0.05, 0.1) is 13.2 Å². The quantitative estimate of drug-likeness (QED) is 0.259. The number of ether oxygens (including phenoxy) is 2. The normalized spacial score (nSPS) is 13.9. The molecule has 0 spiro atoms. The molecule has 0 bridgehead atoms. The van der Waals surface area contributed by atoms with Crippen LogP contribution in [0.15, 0.2) is 77.3 Å². The number of aromatic nitrogens is 1. The van der Waals surface area contributed by atoms with E-state index in [0.717, 1.165) is 46.4 Å². The Kier molecular flexibility index (Phi) is 7.22. The topological polar surface area (TPSA) is 73.6 Å². The number of hydrogen-bond donors (Lipinski definition) is 1. The number of rotatable bonds is 10. The first kappa shape index (κ1) is 24.9. The molecule has 1 aliphatic carbocycles. The second-order valence-electron chi connectivity index (χ2n) is 9.55. The molecule has 0 aliphatic heterocycles. The maximum absolute atomic E-state index is 12.2. The Balaban J connectivity index is 1.35. The van der Waals surface area contributed by atoms with Crippen LogP contribution in [0.5, 0.6) is 0 Å². The number of esters is 1. The third-order valence-electron chi connectivity index (χ3n) is 6.90. The summed E-state index contributed by atoms with van der Waals surface area (Å²) in [6, 6.07) is 24.8. The minimum Gasteiger partial charge on any atom is -0.465 e. The summed E-state index contributed by atoms with van der Waals surface area (Å²) in [6.45, 7) is 5.43. The number of carbonyl (C=O) groups is 1. The fraction of sp³-hybridized carbons (Fsp3) is 0.290. The van der Waals surface area contributed by atoms with Crippen LogP contribution >= 0.6 is 0 Å². The summed E-state index contributed by atoms with van der Waals surface area (Å²) < 4.78 is 16.5. The lowest BCUT2D eigenvalue weighted by atomic mass is 9.94. The van der Waals surface area contributed by atoms with Gasteiger partial charge < -0.3 is 14.0 Å². The molecule has 0 radical (unpaired) electrons. The average molecular weight is 497 g/mol. The zero-order chi connectivity index (χ0) is 25.8. The van der Waals surface area contributed by atoms with Crippen LogP contribution < -0.4 is 5.32 Å². The van der Waals surface area contributed by atoms with E-state index in [0.29, 0.717) is 25.5 Å². The van der Waals surface area contributed by atoms with Gasteiger partial charge in [0.15, 0.2) is 5.76 Å². The molecule has 0 amide bonds. The predicted octanol–water partition coefficient (Wildman–Crippen LogP) is 6.32. The maximum atomic E-state index is 12.2. The molecule has 0 saturated heterocycles. The molecule has 6 nitrogen and oxygen atoms in total. The van der Waals surface area contributed by atoms with Crippen molar-refractivity contribution in [3.63, 3.8) is 0 Å². The van der Waals surface area contributed by atoms with Crippen LogP contribution in [0.25, 0.3) is 33.7 Å². The van der Waals surface area contributed by atoms with Crippen LogP contribution in [0.3, 0.4) is 0 Å². The molecule has 3 aromatic carbocycles. The van der Waals surface area contributed by atoms with Crippen LogP contribution in [0, 0.1) is 6.92 Å². The van der Waals surface area contributed by atoms with Crippen molar-refractivity contribution in [3.8, 4) is 33.7 Å². The summed E-state index contributed by atoms with van der Waals surface area (Å²) in [5, 5.41) is 7.74. The van der Waals surface area contributed by atoms with Gasteiger partial charge in [0.1, 0.15) is 11.2 Å². The van der Waals surface area contributed by atoms with Gasteiger partial charge in [-0.15, -0.1) is 0 Å². The van der Waals surface area contributed by atoms with E-state index >= 15 is 0 Å². The van der Waals surface area contributed by atoms with Gasteiger partial charge >= 0.3 is 5.97 Å². The Labute approximate surface area is 217 Å². The van der Waals surface area contributed by atoms with Gasteiger partial charge in [0.25, 0.3) is 0 Å². The number of nitrogens with one attached hydrogen (secondary N) is 1. The van der Waals surface area contributed by atoms with Crippen LogP contribution in [0.4, 0.5) is 0 Å². The van der Waals surface area contributed by atoms with Gasteiger partial charge in [-0.25, -0.2) is 0 Å². The van der Waals surface area contributed by atoms with E-state index in [1.807, 2.05) is 31.2 Å². The van der Waals surface area contributed by atoms with Crippen molar-refractivity contribution in [2.24, 2.45) is 0 Å². The number of hydrogen-bond acceptors (Lipinski definition) is 6. The SMILES string of the molecule is CCOC(=O)C1(NCc2cccc(-c3cc(-c4ccc(-c5ccccc5C)c(COC)c4)on3)c2)CC1. The van der Waals surface area contributed by atoms with Gasteiger partial charge in [-0.1, -0.05) is 59.8 Å². The largest absolute Gasteiger partial charge is 0.465 e. The van der Waals surface area contributed by atoms with E-state index in [-0.39, 0.29) is 5.97 Å². The Morgan fingerprint density at radius 2 is 1.84 bits per heavy atom. The van der Waals surface area contributed by atoms with E-state index in [1.54, 1.807) is 7.11 Å². The van der Waals surface area contributed by atoms with Crippen LogP contribution in [0.1, 0.15) is 36.5 Å². The number of benzene rings is 3. The minimum absolute atomic E-state index is 0.159. The standard InChI is InChI=1S/C31H32N2O4/c1-4-36-30(34)31(14-15-31)32-19-22-9-7-10-23(16-22)28-18-29(37-33-28)24-12-13-27(25(17-24)20-35-3)26-11-6-5-8-21(26)2/h5-13,16-18,32H,4,14-15,19-20H2,1-3H3. The fourth-order valence-corrected chi connectivity index (χ4v) is 4.67. The first-order valence-electron chi connectivity index (χ1n) is 12.7. The molecule has 1 heterocycles. The summed E-state index contributed by atoms with van der Waals surface area (Å²) in [7, 11) is 1.71. The highest BCUT2D eigenvalue weighted by Crippen LogP contribution is 2.37. The summed E-state index contributed by atoms with van der Waals surface area (Å²) >= 11 is 0. The molecule has 1 saturated carbocycles. The molecule has 5 rings (SSSR count). The first-order valence-corrected chi connectivity index (χ1v) is 12.7. The lowest BCUT2D eigenvalue weighted by molar-refractivity contribution is -0.147. The van der Waals surface area contributed by atoms with Gasteiger partial charge in [0, 0.05) is 30.8 Å². The van der Waals surface area contributed by atoms with Crippen molar-refractivity contribution < 1.29 is 18.8 Å². The number of nitrogens with zero attached hydrogens (tertiary/aromatic N) is 1. The molecule has 1 aromatic heterocycles. The van der Waals surface area contributed by atoms with Crippen molar-refractivity contribution in [3.05, 3.63) is 89.5 Å². The molecule has 190 valence electrons. The zero-order valence-corrected chi connectivity index (χ0v) is 21.5. The average Bonchev–Trinajstić information content (AvgIpc) is 3.55. The van der Waals surface area contributed by atoms with Gasteiger partial charge in [-0.2, -0.15) is 0 Å². The molecule has 37 heavy (non-hydrogen) atoms. The Bertz CT molecular complexity index is 1400. The highest BCUT2D eigenvalue weighted by molar-refractivity contribution is 5.84. The number of methoxy groups -OCH3 is 1. The molecule has 6 heteroatoms. The number of carbonyl (C=O) groups excluding carboxylic acids is 1. The zero-order valence-electron chi connectivity index (χ0n) is 21.5. The van der Waals surface area contributed by atoms with E-state index < -0.39 is 5.54 Å². The molecule has 1 fully saturated rings. The highest BCUT2D eigenvalue weighted by atomic mass is 16.5. The summed E-state index contributed by atoms with van der Waals surface area (Å²) in [6.07, 6.45) is 1.62. The number of aryl methyl sites for hydroxylation is 1. The predicted molar refractivity (Wildman–Crippen MR) is 144 cm³/mol. The van der Waals surface area contributed by atoms with Crippen molar-refractivity contribution in [1.29, 1.82) is 0 Å². The highest BCUT2D eigenvalue weighted by Gasteiger charge is 2.50. The molecular weight excluding hydrogens is 464 g/mol. The Morgan fingerprint density at radius 3 is 2.59 bits per heavy atom. The smallest absolute Gasteiger partial charge is 0.326 e. The van der Waals surface area contributed by atoms with E-state index in [1.165, 1.54) is 11.1 Å². The van der Waals surface area contributed by atoms with Crippen molar-refractivity contribution in [1.82, 2.24) is 10.5 Å². The van der Waals surface area contributed by atoms with Crippen LogP contribution in [0.2, 0.25) is 0 Å². The molecule has 0 unspecified atom stereocenters. The van der Waals surface area contributed by atoms with Gasteiger partial charge in [-0.05, 0) is 66.6 Å². The van der Waals surface area contributed by atoms with E-state index in [4.69, 9.17) is 14.0 Å². The van der Waals surface area contributed by atoms with Gasteiger partial charge in [0.2, 0.25) is 0 Å².